The van der Waals surface area contributed by atoms with E-state index < -0.39 is 0 Å². The van der Waals surface area contributed by atoms with E-state index in [1.54, 1.807) is 0 Å². The number of hydrogen-bond donors (Lipinski definition) is 0. The molecule has 2 aromatic rings. The summed E-state index contributed by atoms with van der Waals surface area (Å²) in [5.74, 6) is 6.80. The Labute approximate surface area is 146 Å². The van der Waals surface area contributed by atoms with Crippen LogP contribution in [0, 0.1) is 11.8 Å². The second kappa shape index (κ2) is 10.6. The molecule has 126 valence electrons. The highest BCUT2D eigenvalue weighted by Crippen LogP contribution is 2.08. The van der Waals surface area contributed by atoms with Crippen molar-refractivity contribution in [2.75, 3.05) is 0 Å². The lowest BCUT2D eigenvalue weighted by atomic mass is 10.1. The van der Waals surface area contributed by atoms with Gasteiger partial charge in [-0.1, -0.05) is 57.6 Å². The minimum absolute atomic E-state index is 0.599. The Morgan fingerprint density at radius 2 is 1.38 bits per heavy atom. The van der Waals surface area contributed by atoms with E-state index in [4.69, 9.17) is 0 Å². The lowest BCUT2D eigenvalue weighted by molar-refractivity contribution is 0.665. The molecule has 0 unspecified atom stereocenters. The Kier molecular flexibility index (Phi) is 8.04. The molecule has 0 atom stereocenters. The topological polar surface area (TPSA) is 25.8 Å². The van der Waals surface area contributed by atoms with Crippen molar-refractivity contribution < 1.29 is 0 Å². The fourth-order valence-electron chi connectivity index (χ4n) is 2.57. The van der Waals surface area contributed by atoms with Crippen molar-refractivity contribution in [3.63, 3.8) is 0 Å². The molecule has 0 saturated carbocycles. The third-order valence-electron chi connectivity index (χ3n) is 4.12. The second-order valence-electron chi connectivity index (χ2n) is 6.28. The number of hydrogen-bond acceptors (Lipinski definition) is 2. The van der Waals surface area contributed by atoms with Gasteiger partial charge in [0.25, 0.3) is 0 Å². The van der Waals surface area contributed by atoms with Crippen LogP contribution < -0.4 is 0 Å². The van der Waals surface area contributed by atoms with Gasteiger partial charge in [0.1, 0.15) is 0 Å². The van der Waals surface area contributed by atoms with Crippen LogP contribution in [0.4, 0.5) is 0 Å². The maximum Gasteiger partial charge on any atom is 0.205 e. The first-order valence-electron chi connectivity index (χ1n) is 9.23. The van der Waals surface area contributed by atoms with Gasteiger partial charge in [0, 0.05) is 18.0 Å². The number of aromatic nitrogens is 2. The summed E-state index contributed by atoms with van der Waals surface area (Å²) in [6.45, 7) is 4.45. The highest BCUT2D eigenvalue weighted by atomic mass is 14.8. The summed E-state index contributed by atoms with van der Waals surface area (Å²) >= 11 is 0. The van der Waals surface area contributed by atoms with Crippen molar-refractivity contribution >= 4 is 0 Å². The van der Waals surface area contributed by atoms with Crippen molar-refractivity contribution in [3.05, 3.63) is 59.2 Å². The molecule has 0 N–H and O–H groups in total. The number of aryl methyl sites for hydroxylation is 2. The molecule has 2 nitrogen and oxygen atoms in total. The zero-order valence-corrected chi connectivity index (χ0v) is 15.0. The van der Waals surface area contributed by atoms with Crippen LogP contribution in [-0.2, 0) is 12.8 Å². The van der Waals surface area contributed by atoms with Crippen molar-refractivity contribution in [3.8, 4) is 11.8 Å². The maximum absolute atomic E-state index is 4.37. The molecule has 0 fully saturated rings. The zero-order valence-electron chi connectivity index (χ0n) is 15.0. The smallest absolute Gasteiger partial charge is 0.205 e. The average Bonchev–Trinajstić information content (AvgIpc) is 2.64. The predicted octanol–water partition coefficient (Wildman–Crippen LogP) is 5.34. The second-order valence-corrected chi connectivity index (χ2v) is 6.28. The van der Waals surface area contributed by atoms with Gasteiger partial charge >= 0.3 is 0 Å². The predicted molar refractivity (Wildman–Crippen MR) is 101 cm³/mol. The van der Waals surface area contributed by atoms with Crippen LogP contribution in [0.25, 0.3) is 0 Å². The van der Waals surface area contributed by atoms with E-state index in [1.165, 1.54) is 49.7 Å². The third kappa shape index (κ3) is 6.54. The van der Waals surface area contributed by atoms with E-state index in [0.29, 0.717) is 5.82 Å². The summed E-state index contributed by atoms with van der Waals surface area (Å²) < 4.78 is 0. The van der Waals surface area contributed by atoms with E-state index in [-0.39, 0.29) is 0 Å². The summed E-state index contributed by atoms with van der Waals surface area (Å²) in [5, 5.41) is 0. The van der Waals surface area contributed by atoms with Crippen LogP contribution >= 0.6 is 0 Å². The summed E-state index contributed by atoms with van der Waals surface area (Å²) in [6, 6.07) is 8.50. The van der Waals surface area contributed by atoms with E-state index in [0.717, 1.165) is 18.4 Å². The third-order valence-corrected chi connectivity index (χ3v) is 4.12. The minimum atomic E-state index is 0.599. The summed E-state index contributed by atoms with van der Waals surface area (Å²) in [7, 11) is 0. The normalized spacial score (nSPS) is 10.2. The molecule has 2 rings (SSSR count). The molecule has 24 heavy (non-hydrogen) atoms. The number of benzene rings is 1. The molecular formula is C22H28N2. The van der Waals surface area contributed by atoms with Crippen LogP contribution in [0.2, 0.25) is 0 Å². The standard InChI is InChI=1S/C22H28N2/c1-3-5-7-8-10-21-17-23-22(24-18-21)16-15-20-13-11-19(12-14-20)9-6-4-2/h11-14,17-18H,3-10H2,1-2H3. The van der Waals surface area contributed by atoms with Gasteiger partial charge in [-0.3, -0.25) is 0 Å². The van der Waals surface area contributed by atoms with Crippen LogP contribution in [-0.4, -0.2) is 9.97 Å². The lowest BCUT2D eigenvalue weighted by Gasteiger charge is -2.00. The fourth-order valence-corrected chi connectivity index (χ4v) is 2.57. The van der Waals surface area contributed by atoms with Crippen LogP contribution in [0.1, 0.15) is 74.9 Å². The number of rotatable bonds is 8. The molecule has 0 spiro atoms. The van der Waals surface area contributed by atoms with Crippen molar-refractivity contribution in [1.82, 2.24) is 9.97 Å². The maximum atomic E-state index is 4.37. The molecule has 0 aliphatic rings. The first kappa shape index (κ1) is 18.2. The summed E-state index contributed by atoms with van der Waals surface area (Å²) in [4.78, 5) is 8.73. The summed E-state index contributed by atoms with van der Waals surface area (Å²) in [5.41, 5.74) is 3.60. The Morgan fingerprint density at radius 1 is 0.708 bits per heavy atom. The van der Waals surface area contributed by atoms with Gasteiger partial charge in [-0.25, -0.2) is 9.97 Å². The first-order chi connectivity index (χ1) is 11.8. The lowest BCUT2D eigenvalue weighted by Crippen LogP contribution is -1.93. The van der Waals surface area contributed by atoms with Crippen LogP contribution in [0.15, 0.2) is 36.7 Å². The Hall–Kier alpha value is -2.14. The summed E-state index contributed by atoms with van der Waals surface area (Å²) in [6.07, 6.45) is 13.6. The Bertz CT molecular complexity index is 645. The van der Waals surface area contributed by atoms with Gasteiger partial charge in [-0.05, 0) is 54.9 Å². The van der Waals surface area contributed by atoms with Gasteiger partial charge in [0.2, 0.25) is 5.82 Å². The van der Waals surface area contributed by atoms with Crippen molar-refractivity contribution in [2.24, 2.45) is 0 Å². The molecule has 0 radical (unpaired) electrons. The molecule has 0 aliphatic carbocycles. The molecule has 1 aromatic heterocycles. The van der Waals surface area contributed by atoms with Crippen LogP contribution in [0.3, 0.4) is 0 Å². The molecule has 0 bridgehead atoms. The van der Waals surface area contributed by atoms with Crippen molar-refractivity contribution in [1.29, 1.82) is 0 Å². The van der Waals surface area contributed by atoms with E-state index in [9.17, 15) is 0 Å². The SMILES string of the molecule is CCCCCCc1cnc(C#Cc2ccc(CCCC)cc2)nc1. The van der Waals surface area contributed by atoms with Crippen LogP contribution in [0.5, 0.6) is 0 Å². The molecule has 2 heteroatoms. The molecule has 0 saturated heterocycles. The largest absolute Gasteiger partial charge is 0.229 e. The fraction of sp³-hybridized carbons (Fsp3) is 0.455. The van der Waals surface area contributed by atoms with Gasteiger partial charge in [0.05, 0.1) is 0 Å². The molecule has 1 aromatic carbocycles. The van der Waals surface area contributed by atoms with E-state index >= 15 is 0 Å². The van der Waals surface area contributed by atoms with E-state index in [2.05, 4.69) is 59.9 Å². The molecule has 0 aliphatic heterocycles. The van der Waals surface area contributed by atoms with Gasteiger partial charge in [-0.15, -0.1) is 0 Å². The first-order valence-corrected chi connectivity index (χ1v) is 9.23. The van der Waals surface area contributed by atoms with Gasteiger partial charge in [-0.2, -0.15) is 0 Å². The quantitative estimate of drug-likeness (QED) is 0.484. The molecule has 0 amide bonds. The number of nitrogens with zero attached hydrogens (tertiary/aromatic N) is 2. The molecule has 1 heterocycles. The Balaban J connectivity index is 1.88. The van der Waals surface area contributed by atoms with Gasteiger partial charge in [0.15, 0.2) is 0 Å². The van der Waals surface area contributed by atoms with E-state index in [1.807, 2.05) is 12.4 Å². The minimum Gasteiger partial charge on any atom is -0.229 e. The van der Waals surface area contributed by atoms with Gasteiger partial charge < -0.3 is 0 Å². The monoisotopic (exact) mass is 320 g/mol. The highest BCUT2D eigenvalue weighted by Gasteiger charge is 1.97. The number of unbranched alkanes of at least 4 members (excludes halogenated alkanes) is 4. The zero-order chi connectivity index (χ0) is 17.0. The Morgan fingerprint density at radius 3 is 2.04 bits per heavy atom. The van der Waals surface area contributed by atoms with Crippen molar-refractivity contribution in [2.45, 2.75) is 65.2 Å². The average molecular weight is 320 g/mol. The molecular weight excluding hydrogens is 292 g/mol. The highest BCUT2D eigenvalue weighted by molar-refractivity contribution is 5.39.